The summed E-state index contributed by atoms with van der Waals surface area (Å²) in [5.41, 5.74) is 1.75. The Bertz CT molecular complexity index is 1630. The lowest BCUT2D eigenvalue weighted by Gasteiger charge is -2.11. The molecule has 0 aliphatic rings. The minimum atomic E-state index is -1.01. The van der Waals surface area contributed by atoms with Crippen molar-refractivity contribution in [1.29, 1.82) is 0 Å². The van der Waals surface area contributed by atoms with E-state index in [4.69, 9.17) is 21.4 Å². The maximum absolute atomic E-state index is 14.9. The van der Waals surface area contributed by atoms with Gasteiger partial charge in [-0.05, 0) is 41.8 Å². The molecule has 0 aliphatic carbocycles. The van der Waals surface area contributed by atoms with Crippen LogP contribution in [0.25, 0.3) is 22.3 Å². The monoisotopic (exact) mass is 525 g/mol. The van der Waals surface area contributed by atoms with Gasteiger partial charge in [0.05, 0.1) is 16.1 Å². The third kappa shape index (κ3) is 5.03. The minimum Gasteiger partial charge on any atom is -0.481 e. The number of H-pyrrole nitrogens is 2. The first-order chi connectivity index (χ1) is 17.8. The number of carboxylic acids is 1. The molecule has 3 N–H and O–H groups in total. The number of halogens is 4. The summed E-state index contributed by atoms with van der Waals surface area (Å²) >= 11 is 6.33. The zero-order chi connectivity index (χ0) is 26.1. The number of ether oxygens (including phenoxy) is 1. The summed E-state index contributed by atoms with van der Waals surface area (Å²) in [5.74, 6) is -2.65. The second-order valence-electron chi connectivity index (χ2n) is 8.40. The number of carboxylic acid groups (broad SMARTS) is 1. The van der Waals surface area contributed by atoms with E-state index < -0.39 is 23.4 Å². The fourth-order valence-electron chi connectivity index (χ4n) is 4.07. The Morgan fingerprint density at radius 1 is 1.05 bits per heavy atom. The fraction of sp³-hybridized carbons (Fsp3) is 0.111. The molecule has 5 rings (SSSR count). The normalized spacial score (nSPS) is 11.2. The third-order valence-electron chi connectivity index (χ3n) is 5.89. The number of fused-ring (bicyclic) bond motifs is 1. The number of rotatable bonds is 8. The Balaban J connectivity index is 1.39. The van der Waals surface area contributed by atoms with Crippen LogP contribution in [0.3, 0.4) is 0 Å². The topological polar surface area (TPSA) is 91.0 Å². The molecule has 0 unspecified atom stereocenters. The zero-order valence-corrected chi connectivity index (χ0v) is 19.9. The van der Waals surface area contributed by atoms with E-state index in [1.165, 1.54) is 30.5 Å². The fourth-order valence-corrected chi connectivity index (χ4v) is 4.36. The molecule has 0 atom stereocenters. The Labute approximate surface area is 213 Å². The SMILES string of the molecule is O=C(O)CCc1cccc(Cc2cnc(-c3cc(Oc4c(F)cc5[nH]ccc5c4Cl)ccc3F)[nH]2)c1F. The van der Waals surface area contributed by atoms with Crippen molar-refractivity contribution in [1.82, 2.24) is 15.0 Å². The number of carbonyl (C=O) groups is 1. The molecule has 0 saturated carbocycles. The van der Waals surface area contributed by atoms with Gasteiger partial charge in [-0.15, -0.1) is 0 Å². The van der Waals surface area contributed by atoms with E-state index in [2.05, 4.69) is 15.0 Å². The van der Waals surface area contributed by atoms with E-state index in [1.807, 2.05) is 0 Å². The molecule has 5 aromatic rings. The standard InChI is InChI=1S/C27H19ClF3N3O3/c28-24-18-8-9-32-22(18)12-21(30)26(24)37-17-5-6-20(29)19(11-17)27-33-13-16(34-27)10-15-3-1-2-14(25(15)31)4-7-23(35)36/h1-3,5-6,8-9,11-13,32H,4,7,10H2,(H,33,34)(H,35,36). The van der Waals surface area contributed by atoms with E-state index in [9.17, 15) is 18.0 Å². The lowest BCUT2D eigenvalue weighted by Crippen LogP contribution is -2.02. The van der Waals surface area contributed by atoms with Crippen molar-refractivity contribution in [2.45, 2.75) is 19.3 Å². The molecule has 0 amide bonds. The van der Waals surface area contributed by atoms with Crippen molar-refractivity contribution in [3.8, 4) is 22.9 Å². The van der Waals surface area contributed by atoms with Crippen molar-refractivity contribution >= 4 is 28.5 Å². The van der Waals surface area contributed by atoms with Gasteiger partial charge in [0.25, 0.3) is 0 Å². The largest absolute Gasteiger partial charge is 0.481 e. The summed E-state index contributed by atoms with van der Waals surface area (Å²) in [5, 5.41) is 9.52. The molecule has 3 aromatic carbocycles. The first-order valence-corrected chi connectivity index (χ1v) is 11.6. The van der Waals surface area contributed by atoms with Crippen LogP contribution < -0.4 is 4.74 Å². The number of hydrogen-bond acceptors (Lipinski definition) is 3. The van der Waals surface area contributed by atoms with Crippen molar-refractivity contribution < 1.29 is 27.8 Å². The van der Waals surface area contributed by atoms with Crippen LogP contribution in [-0.2, 0) is 17.6 Å². The molecule has 10 heteroatoms. The van der Waals surface area contributed by atoms with Gasteiger partial charge in [-0.2, -0.15) is 0 Å². The molecule has 2 heterocycles. The molecule has 0 bridgehead atoms. The van der Waals surface area contributed by atoms with Crippen LogP contribution in [0.4, 0.5) is 13.2 Å². The highest BCUT2D eigenvalue weighted by atomic mass is 35.5. The highest BCUT2D eigenvalue weighted by Gasteiger charge is 2.18. The predicted octanol–water partition coefficient (Wildman–Crippen LogP) is 7.03. The van der Waals surface area contributed by atoms with Gasteiger partial charge in [0, 0.05) is 42.4 Å². The van der Waals surface area contributed by atoms with Crippen LogP contribution in [0.15, 0.2) is 60.9 Å². The molecule has 188 valence electrons. The van der Waals surface area contributed by atoms with Gasteiger partial charge in [-0.1, -0.05) is 29.8 Å². The summed E-state index contributed by atoms with van der Waals surface area (Å²) in [6.07, 6.45) is 3.11. The lowest BCUT2D eigenvalue weighted by molar-refractivity contribution is -0.136. The van der Waals surface area contributed by atoms with Gasteiger partial charge in [-0.25, -0.2) is 18.2 Å². The summed E-state index contributed by atoms with van der Waals surface area (Å²) in [7, 11) is 0. The Hall–Kier alpha value is -4.24. The van der Waals surface area contributed by atoms with Crippen molar-refractivity contribution in [3.05, 3.63) is 100 Å². The van der Waals surface area contributed by atoms with Crippen LogP contribution in [0.5, 0.6) is 11.5 Å². The number of aromatic amines is 2. The highest BCUT2D eigenvalue weighted by molar-refractivity contribution is 6.37. The number of aryl methyl sites for hydroxylation is 1. The third-order valence-corrected chi connectivity index (χ3v) is 6.27. The van der Waals surface area contributed by atoms with Crippen molar-refractivity contribution in [2.75, 3.05) is 0 Å². The molecular weight excluding hydrogens is 507 g/mol. The van der Waals surface area contributed by atoms with E-state index >= 15 is 0 Å². The van der Waals surface area contributed by atoms with E-state index in [-0.39, 0.29) is 47.2 Å². The first-order valence-electron chi connectivity index (χ1n) is 11.2. The van der Waals surface area contributed by atoms with E-state index in [0.29, 0.717) is 27.7 Å². The number of hydrogen-bond donors (Lipinski definition) is 3. The highest BCUT2D eigenvalue weighted by Crippen LogP contribution is 2.38. The molecule has 2 aromatic heterocycles. The van der Waals surface area contributed by atoms with E-state index in [0.717, 1.165) is 0 Å². The predicted molar refractivity (Wildman–Crippen MR) is 132 cm³/mol. The van der Waals surface area contributed by atoms with Gasteiger partial charge in [-0.3, -0.25) is 4.79 Å². The Kier molecular flexibility index (Phi) is 6.62. The van der Waals surface area contributed by atoms with Crippen LogP contribution in [0.2, 0.25) is 5.02 Å². The summed E-state index contributed by atoms with van der Waals surface area (Å²) in [6.45, 7) is 0. The molecule has 0 fully saturated rings. The second kappa shape index (κ2) is 10.0. The summed E-state index contributed by atoms with van der Waals surface area (Å²) in [4.78, 5) is 20.9. The van der Waals surface area contributed by atoms with Gasteiger partial charge in [0.2, 0.25) is 0 Å². The maximum atomic E-state index is 14.9. The van der Waals surface area contributed by atoms with Gasteiger partial charge >= 0.3 is 5.97 Å². The molecule has 0 spiro atoms. The van der Waals surface area contributed by atoms with Crippen LogP contribution in [0.1, 0.15) is 23.2 Å². The van der Waals surface area contributed by atoms with E-state index in [1.54, 1.807) is 30.5 Å². The molecule has 0 radical (unpaired) electrons. The molecule has 0 saturated heterocycles. The number of imidazole rings is 1. The maximum Gasteiger partial charge on any atom is 0.303 e. The molecule has 6 nitrogen and oxygen atoms in total. The summed E-state index contributed by atoms with van der Waals surface area (Å²) < 4.78 is 49.9. The van der Waals surface area contributed by atoms with Gasteiger partial charge < -0.3 is 19.8 Å². The quantitative estimate of drug-likeness (QED) is 0.203. The number of aliphatic carboxylic acids is 1. The van der Waals surface area contributed by atoms with Crippen LogP contribution in [-0.4, -0.2) is 26.0 Å². The molecular formula is C27H19ClF3N3O3. The average molecular weight is 526 g/mol. The Morgan fingerprint density at radius 2 is 1.86 bits per heavy atom. The molecule has 0 aliphatic heterocycles. The average Bonchev–Trinajstić information content (AvgIpc) is 3.53. The second-order valence-corrected chi connectivity index (χ2v) is 8.78. The van der Waals surface area contributed by atoms with Crippen LogP contribution >= 0.6 is 11.6 Å². The number of aromatic nitrogens is 3. The summed E-state index contributed by atoms with van der Waals surface area (Å²) in [6, 6.07) is 11.6. The number of benzene rings is 3. The first kappa shape index (κ1) is 24.5. The van der Waals surface area contributed by atoms with Crippen molar-refractivity contribution in [2.24, 2.45) is 0 Å². The number of nitrogens with zero attached hydrogens (tertiary/aromatic N) is 1. The van der Waals surface area contributed by atoms with Crippen molar-refractivity contribution in [3.63, 3.8) is 0 Å². The minimum absolute atomic E-state index is 0.0682. The lowest BCUT2D eigenvalue weighted by atomic mass is 10.0. The van der Waals surface area contributed by atoms with Gasteiger partial charge in [0.1, 0.15) is 23.2 Å². The van der Waals surface area contributed by atoms with Crippen LogP contribution in [0, 0.1) is 17.5 Å². The smallest absolute Gasteiger partial charge is 0.303 e. The zero-order valence-electron chi connectivity index (χ0n) is 19.1. The molecule has 37 heavy (non-hydrogen) atoms. The number of nitrogens with one attached hydrogen (secondary N) is 2. The van der Waals surface area contributed by atoms with Gasteiger partial charge in [0.15, 0.2) is 11.6 Å². The Morgan fingerprint density at radius 3 is 2.68 bits per heavy atom.